The van der Waals surface area contributed by atoms with Crippen LogP contribution in [0, 0.1) is 0 Å². The highest BCUT2D eigenvalue weighted by Gasteiger charge is 2.28. The van der Waals surface area contributed by atoms with Crippen LogP contribution in [0.25, 0.3) is 0 Å². The van der Waals surface area contributed by atoms with Crippen LogP contribution in [0.3, 0.4) is 0 Å². The number of halogens is 4. The molecule has 1 saturated heterocycles. The van der Waals surface area contributed by atoms with E-state index in [1.807, 2.05) is 6.92 Å². The van der Waals surface area contributed by atoms with Gasteiger partial charge in [-0.25, -0.2) is 0 Å². The van der Waals surface area contributed by atoms with E-state index in [-0.39, 0.29) is 18.4 Å². The van der Waals surface area contributed by atoms with Gasteiger partial charge in [-0.3, -0.25) is 4.79 Å². The summed E-state index contributed by atoms with van der Waals surface area (Å²) in [5, 5.41) is 3.13. The van der Waals surface area contributed by atoms with Crippen LogP contribution >= 0.6 is 12.4 Å². The monoisotopic (exact) mass is 276 g/mol. The van der Waals surface area contributed by atoms with Gasteiger partial charge in [0, 0.05) is 25.7 Å². The van der Waals surface area contributed by atoms with Crippen molar-refractivity contribution in [1.29, 1.82) is 0 Å². The molecular weight excluding hydrogens is 261 g/mol. The average molecular weight is 277 g/mol. The second-order valence-corrected chi connectivity index (χ2v) is 3.80. The normalized spacial score (nSPS) is 20.9. The number of hydrogen-bond acceptors (Lipinski definition) is 3. The van der Waals surface area contributed by atoms with E-state index in [2.05, 4.69) is 10.1 Å². The largest absolute Gasteiger partial charge is 0.411 e. The predicted molar refractivity (Wildman–Crippen MR) is 58.2 cm³/mol. The van der Waals surface area contributed by atoms with Crippen molar-refractivity contribution < 1.29 is 22.7 Å². The van der Waals surface area contributed by atoms with Crippen molar-refractivity contribution in [2.24, 2.45) is 0 Å². The molecule has 1 atom stereocenters. The summed E-state index contributed by atoms with van der Waals surface area (Å²) in [6.45, 7) is 1.71. The maximum Gasteiger partial charge on any atom is 0.411 e. The molecule has 1 heterocycles. The summed E-state index contributed by atoms with van der Waals surface area (Å²) >= 11 is 0. The SMILES string of the molecule is C[C@@H]1CN(C(=O)COCC(F)(F)F)CCN1.Cl. The highest BCUT2D eigenvalue weighted by Crippen LogP contribution is 2.14. The molecule has 1 aliphatic rings. The molecule has 1 amide bonds. The van der Waals surface area contributed by atoms with Crippen LogP contribution in [-0.4, -0.2) is 55.9 Å². The van der Waals surface area contributed by atoms with Crippen LogP contribution < -0.4 is 5.32 Å². The fourth-order valence-electron chi connectivity index (χ4n) is 1.50. The van der Waals surface area contributed by atoms with Crippen molar-refractivity contribution >= 4 is 18.3 Å². The first-order valence-corrected chi connectivity index (χ1v) is 5.04. The number of nitrogens with one attached hydrogen (secondary N) is 1. The molecule has 0 aromatic carbocycles. The standard InChI is InChI=1S/C9H15F3N2O2.ClH/c1-7-4-14(3-2-13-7)8(15)5-16-6-9(10,11)12;/h7,13H,2-6H2,1H3;1H/t7-;/m1./s1. The van der Waals surface area contributed by atoms with Gasteiger partial charge in [-0.05, 0) is 6.92 Å². The summed E-state index contributed by atoms with van der Waals surface area (Å²) in [5.74, 6) is -0.391. The Kier molecular flexibility index (Phi) is 6.81. The maximum absolute atomic E-state index is 11.8. The van der Waals surface area contributed by atoms with Gasteiger partial charge in [0.1, 0.15) is 13.2 Å². The summed E-state index contributed by atoms with van der Waals surface area (Å²) in [7, 11) is 0. The molecule has 1 rings (SSSR count). The summed E-state index contributed by atoms with van der Waals surface area (Å²) in [5.41, 5.74) is 0. The lowest BCUT2D eigenvalue weighted by atomic mass is 10.2. The number of nitrogens with zero attached hydrogens (tertiary/aromatic N) is 1. The molecule has 0 saturated carbocycles. The average Bonchev–Trinajstić information content (AvgIpc) is 2.15. The maximum atomic E-state index is 11.8. The Hall–Kier alpha value is -0.530. The summed E-state index contributed by atoms with van der Waals surface area (Å²) in [6, 6.07) is 0.167. The third-order valence-electron chi connectivity index (χ3n) is 2.21. The van der Waals surface area contributed by atoms with E-state index in [1.165, 1.54) is 4.90 Å². The van der Waals surface area contributed by atoms with Gasteiger partial charge in [-0.1, -0.05) is 0 Å². The zero-order chi connectivity index (χ0) is 12.2. The molecule has 1 fully saturated rings. The molecule has 0 unspecified atom stereocenters. The number of carbonyl (C=O) groups is 1. The molecule has 0 bridgehead atoms. The van der Waals surface area contributed by atoms with Crippen LogP contribution in [0.15, 0.2) is 0 Å². The van der Waals surface area contributed by atoms with Crippen molar-refractivity contribution in [3.05, 3.63) is 0 Å². The molecular formula is C9H16ClF3N2O2. The topological polar surface area (TPSA) is 41.6 Å². The van der Waals surface area contributed by atoms with Crippen LogP contribution in [0.5, 0.6) is 0 Å². The van der Waals surface area contributed by atoms with E-state index >= 15 is 0 Å². The van der Waals surface area contributed by atoms with Crippen LogP contribution in [-0.2, 0) is 9.53 Å². The van der Waals surface area contributed by atoms with Gasteiger partial charge >= 0.3 is 6.18 Å². The second kappa shape index (κ2) is 7.03. The number of ether oxygens (including phenoxy) is 1. The van der Waals surface area contributed by atoms with Crippen molar-refractivity contribution in [2.75, 3.05) is 32.8 Å². The molecule has 4 nitrogen and oxygen atoms in total. The van der Waals surface area contributed by atoms with Gasteiger partial charge in [-0.2, -0.15) is 13.2 Å². The third kappa shape index (κ3) is 6.70. The molecule has 17 heavy (non-hydrogen) atoms. The van der Waals surface area contributed by atoms with E-state index in [0.29, 0.717) is 19.6 Å². The Morgan fingerprint density at radius 3 is 2.71 bits per heavy atom. The van der Waals surface area contributed by atoms with Crippen LogP contribution in [0.1, 0.15) is 6.92 Å². The lowest BCUT2D eigenvalue weighted by molar-refractivity contribution is -0.178. The lowest BCUT2D eigenvalue weighted by Crippen LogP contribution is -2.52. The zero-order valence-electron chi connectivity index (χ0n) is 9.42. The van der Waals surface area contributed by atoms with Crippen molar-refractivity contribution in [3.8, 4) is 0 Å². The summed E-state index contributed by atoms with van der Waals surface area (Å²) in [6.07, 6.45) is -4.38. The van der Waals surface area contributed by atoms with Crippen molar-refractivity contribution in [2.45, 2.75) is 19.1 Å². The highest BCUT2D eigenvalue weighted by molar-refractivity contribution is 5.85. The van der Waals surface area contributed by atoms with Crippen molar-refractivity contribution in [3.63, 3.8) is 0 Å². The zero-order valence-corrected chi connectivity index (χ0v) is 10.2. The lowest BCUT2D eigenvalue weighted by Gasteiger charge is -2.31. The minimum Gasteiger partial charge on any atom is -0.362 e. The minimum atomic E-state index is -4.38. The molecule has 0 aromatic heterocycles. The Balaban J connectivity index is 0.00000256. The molecule has 0 aliphatic carbocycles. The van der Waals surface area contributed by atoms with Gasteiger partial charge in [0.25, 0.3) is 0 Å². The van der Waals surface area contributed by atoms with E-state index in [0.717, 1.165) is 0 Å². The number of amides is 1. The smallest absolute Gasteiger partial charge is 0.362 e. The van der Waals surface area contributed by atoms with E-state index in [4.69, 9.17) is 0 Å². The minimum absolute atomic E-state index is 0. The third-order valence-corrected chi connectivity index (χ3v) is 2.21. The summed E-state index contributed by atoms with van der Waals surface area (Å²) in [4.78, 5) is 12.9. The highest BCUT2D eigenvalue weighted by atomic mass is 35.5. The first kappa shape index (κ1) is 16.5. The fraction of sp³-hybridized carbons (Fsp3) is 0.889. The molecule has 8 heteroatoms. The summed E-state index contributed by atoms with van der Waals surface area (Å²) < 4.78 is 39.6. The Bertz CT molecular complexity index is 251. The predicted octanol–water partition coefficient (Wildman–Crippen LogP) is 0.807. The molecule has 1 N–H and O–H groups in total. The van der Waals surface area contributed by atoms with Gasteiger partial charge in [-0.15, -0.1) is 12.4 Å². The van der Waals surface area contributed by atoms with E-state index in [1.54, 1.807) is 0 Å². The Labute approximate surface area is 104 Å². The first-order chi connectivity index (χ1) is 7.38. The number of hydrogen-bond donors (Lipinski definition) is 1. The number of rotatable bonds is 3. The van der Waals surface area contributed by atoms with Crippen molar-refractivity contribution in [1.82, 2.24) is 10.2 Å². The van der Waals surface area contributed by atoms with E-state index in [9.17, 15) is 18.0 Å². The molecule has 0 spiro atoms. The number of piperazine rings is 1. The Morgan fingerprint density at radius 1 is 1.53 bits per heavy atom. The van der Waals surface area contributed by atoms with E-state index < -0.39 is 25.3 Å². The molecule has 102 valence electrons. The molecule has 0 aromatic rings. The van der Waals surface area contributed by atoms with Crippen LogP contribution in [0.4, 0.5) is 13.2 Å². The number of carbonyl (C=O) groups excluding carboxylic acids is 1. The first-order valence-electron chi connectivity index (χ1n) is 5.04. The number of alkyl halides is 3. The second-order valence-electron chi connectivity index (χ2n) is 3.80. The van der Waals surface area contributed by atoms with Gasteiger partial charge in [0.05, 0.1) is 0 Å². The van der Waals surface area contributed by atoms with Gasteiger partial charge < -0.3 is 15.0 Å². The van der Waals surface area contributed by atoms with Gasteiger partial charge in [0.2, 0.25) is 5.91 Å². The Morgan fingerprint density at radius 2 is 2.18 bits per heavy atom. The molecule has 0 radical (unpaired) electrons. The quantitative estimate of drug-likeness (QED) is 0.829. The fourth-order valence-corrected chi connectivity index (χ4v) is 1.50. The molecule has 1 aliphatic heterocycles. The van der Waals surface area contributed by atoms with Gasteiger partial charge in [0.15, 0.2) is 0 Å². The van der Waals surface area contributed by atoms with Crippen LogP contribution in [0.2, 0.25) is 0 Å².